The Morgan fingerprint density at radius 1 is 1.35 bits per heavy atom. The molecule has 3 heterocycles. The summed E-state index contributed by atoms with van der Waals surface area (Å²) < 4.78 is 0. The molecule has 2 aliphatic rings. The first-order valence-electron chi connectivity index (χ1n) is 7.45. The third kappa shape index (κ3) is 3.92. The molecule has 0 radical (unpaired) electrons. The molecule has 0 aliphatic carbocycles. The number of nitrogens with one attached hydrogen (secondary N) is 1. The molecule has 0 aromatic carbocycles. The molecule has 20 heavy (non-hydrogen) atoms. The number of hydrogen-bond acceptors (Lipinski definition) is 5. The summed E-state index contributed by atoms with van der Waals surface area (Å²) in [6.07, 6.45) is 2.39. The van der Waals surface area contributed by atoms with E-state index < -0.39 is 0 Å². The predicted molar refractivity (Wildman–Crippen MR) is 86.9 cm³/mol. The van der Waals surface area contributed by atoms with E-state index in [1.807, 2.05) is 0 Å². The molecule has 6 heteroatoms. The minimum Gasteiger partial charge on any atom is -0.314 e. The summed E-state index contributed by atoms with van der Waals surface area (Å²) >= 11 is 1.81. The first-order chi connectivity index (χ1) is 9.35. The Morgan fingerprint density at radius 3 is 2.85 bits per heavy atom. The molecule has 3 rings (SSSR count). The van der Waals surface area contributed by atoms with Crippen molar-refractivity contribution >= 4 is 23.7 Å². The number of aromatic nitrogens is 1. The zero-order chi connectivity index (χ0) is 13.1. The van der Waals surface area contributed by atoms with Gasteiger partial charge in [0.1, 0.15) is 0 Å². The molecule has 1 aromatic heterocycles. The van der Waals surface area contributed by atoms with E-state index in [0.717, 1.165) is 32.1 Å². The summed E-state index contributed by atoms with van der Waals surface area (Å²) in [5.74, 6) is 0. The lowest BCUT2D eigenvalue weighted by molar-refractivity contribution is 0.170. The molecule has 114 valence electrons. The molecule has 4 nitrogen and oxygen atoms in total. The van der Waals surface area contributed by atoms with Gasteiger partial charge in [0.05, 0.1) is 10.7 Å². The van der Waals surface area contributed by atoms with E-state index in [4.69, 9.17) is 0 Å². The standard InChI is InChI=1S/C14H24N4S.ClH/c1-2-14-16-12(11-19-14)9-17-6-3-13(10-17)18-7-4-15-5-8-18;/h11,13,15H,2-10H2,1H3;1H. The second-order valence-electron chi connectivity index (χ2n) is 5.55. The van der Waals surface area contributed by atoms with Crippen molar-refractivity contribution < 1.29 is 0 Å². The minimum atomic E-state index is 0. The van der Waals surface area contributed by atoms with Crippen LogP contribution in [-0.2, 0) is 13.0 Å². The summed E-state index contributed by atoms with van der Waals surface area (Å²) in [6, 6.07) is 0.770. The number of piperazine rings is 1. The van der Waals surface area contributed by atoms with E-state index in [1.165, 1.54) is 43.3 Å². The van der Waals surface area contributed by atoms with Gasteiger partial charge in [-0.1, -0.05) is 6.92 Å². The van der Waals surface area contributed by atoms with Crippen LogP contribution in [0.2, 0.25) is 0 Å². The van der Waals surface area contributed by atoms with Gasteiger partial charge in [0, 0.05) is 57.2 Å². The Balaban J connectivity index is 0.00000147. The summed E-state index contributed by atoms with van der Waals surface area (Å²) in [6.45, 7) is 10.4. The van der Waals surface area contributed by atoms with Crippen molar-refractivity contribution in [2.45, 2.75) is 32.4 Å². The lowest BCUT2D eigenvalue weighted by Gasteiger charge is -2.32. The Labute approximate surface area is 132 Å². The van der Waals surface area contributed by atoms with Crippen molar-refractivity contribution in [1.29, 1.82) is 0 Å². The number of likely N-dealkylation sites (tertiary alicyclic amines) is 1. The maximum Gasteiger partial charge on any atom is 0.0926 e. The highest BCUT2D eigenvalue weighted by Gasteiger charge is 2.28. The normalized spacial score (nSPS) is 24.8. The van der Waals surface area contributed by atoms with Crippen LogP contribution in [-0.4, -0.2) is 60.1 Å². The van der Waals surface area contributed by atoms with Crippen LogP contribution in [0.3, 0.4) is 0 Å². The SMILES string of the molecule is CCc1nc(CN2CCC(N3CCNCC3)C2)cs1.Cl. The van der Waals surface area contributed by atoms with Gasteiger partial charge >= 0.3 is 0 Å². The molecule has 2 aliphatic heterocycles. The van der Waals surface area contributed by atoms with Crippen LogP contribution in [0.5, 0.6) is 0 Å². The van der Waals surface area contributed by atoms with E-state index in [1.54, 1.807) is 11.3 Å². The third-order valence-corrected chi connectivity index (χ3v) is 5.24. The maximum atomic E-state index is 4.68. The lowest BCUT2D eigenvalue weighted by Crippen LogP contribution is -2.49. The van der Waals surface area contributed by atoms with Crippen LogP contribution < -0.4 is 5.32 Å². The Morgan fingerprint density at radius 2 is 2.15 bits per heavy atom. The highest BCUT2D eigenvalue weighted by atomic mass is 35.5. The molecule has 1 N–H and O–H groups in total. The fraction of sp³-hybridized carbons (Fsp3) is 0.786. The van der Waals surface area contributed by atoms with E-state index in [-0.39, 0.29) is 12.4 Å². The molecule has 1 aromatic rings. The number of aryl methyl sites for hydroxylation is 1. The molecule has 1 atom stereocenters. The van der Waals surface area contributed by atoms with Crippen molar-refractivity contribution in [3.63, 3.8) is 0 Å². The molecule has 2 saturated heterocycles. The average molecular weight is 317 g/mol. The number of nitrogens with zero attached hydrogens (tertiary/aromatic N) is 3. The number of halogens is 1. The maximum absolute atomic E-state index is 4.68. The lowest BCUT2D eigenvalue weighted by atomic mass is 10.2. The number of hydrogen-bond donors (Lipinski definition) is 1. The smallest absolute Gasteiger partial charge is 0.0926 e. The molecular weight excluding hydrogens is 292 g/mol. The van der Waals surface area contributed by atoms with Crippen molar-refractivity contribution in [1.82, 2.24) is 20.1 Å². The molecule has 0 bridgehead atoms. The van der Waals surface area contributed by atoms with Gasteiger partial charge in [0.2, 0.25) is 0 Å². The monoisotopic (exact) mass is 316 g/mol. The van der Waals surface area contributed by atoms with Gasteiger partial charge in [-0.05, 0) is 12.8 Å². The van der Waals surface area contributed by atoms with Crippen molar-refractivity contribution in [3.8, 4) is 0 Å². The van der Waals surface area contributed by atoms with Crippen LogP contribution in [0, 0.1) is 0 Å². The Kier molecular flexibility index (Phi) is 6.23. The molecule has 0 amide bonds. The summed E-state index contributed by atoms with van der Waals surface area (Å²) in [5, 5.41) is 6.94. The van der Waals surface area contributed by atoms with Gasteiger partial charge in [-0.15, -0.1) is 23.7 Å². The molecular formula is C14H25ClN4S. The quantitative estimate of drug-likeness (QED) is 0.914. The largest absolute Gasteiger partial charge is 0.314 e. The van der Waals surface area contributed by atoms with Crippen molar-refractivity contribution in [3.05, 3.63) is 16.1 Å². The van der Waals surface area contributed by atoms with Gasteiger partial charge in [-0.25, -0.2) is 4.98 Å². The van der Waals surface area contributed by atoms with Crippen LogP contribution >= 0.6 is 23.7 Å². The molecule has 2 fully saturated rings. The first kappa shape index (κ1) is 16.2. The van der Waals surface area contributed by atoms with E-state index in [2.05, 4.69) is 32.4 Å². The van der Waals surface area contributed by atoms with Gasteiger partial charge < -0.3 is 5.32 Å². The highest BCUT2D eigenvalue weighted by molar-refractivity contribution is 7.09. The third-order valence-electron chi connectivity index (χ3n) is 4.20. The van der Waals surface area contributed by atoms with Gasteiger partial charge in [0.25, 0.3) is 0 Å². The van der Waals surface area contributed by atoms with Gasteiger partial charge in [-0.2, -0.15) is 0 Å². The summed E-state index contributed by atoms with van der Waals surface area (Å²) in [7, 11) is 0. The first-order valence-corrected chi connectivity index (χ1v) is 8.33. The average Bonchev–Trinajstić information content (AvgIpc) is 3.09. The predicted octanol–water partition coefficient (Wildman–Crippen LogP) is 1.61. The number of thiazole rings is 1. The molecule has 1 unspecified atom stereocenters. The fourth-order valence-corrected chi connectivity index (χ4v) is 3.85. The number of rotatable bonds is 4. The van der Waals surface area contributed by atoms with Crippen molar-refractivity contribution in [2.75, 3.05) is 39.3 Å². The van der Waals surface area contributed by atoms with Gasteiger partial charge in [-0.3, -0.25) is 9.80 Å². The second-order valence-corrected chi connectivity index (χ2v) is 6.49. The Hall–Kier alpha value is -0.200. The molecule has 0 spiro atoms. The highest BCUT2D eigenvalue weighted by Crippen LogP contribution is 2.19. The van der Waals surface area contributed by atoms with E-state index >= 15 is 0 Å². The van der Waals surface area contributed by atoms with E-state index in [9.17, 15) is 0 Å². The van der Waals surface area contributed by atoms with E-state index in [0.29, 0.717) is 0 Å². The Bertz CT molecular complexity index is 406. The van der Waals surface area contributed by atoms with Crippen LogP contribution in [0.15, 0.2) is 5.38 Å². The second kappa shape index (κ2) is 7.71. The fourth-order valence-electron chi connectivity index (χ4n) is 3.11. The van der Waals surface area contributed by atoms with Crippen molar-refractivity contribution in [2.24, 2.45) is 0 Å². The molecule has 0 saturated carbocycles. The zero-order valence-corrected chi connectivity index (χ0v) is 13.8. The topological polar surface area (TPSA) is 31.4 Å². The van der Waals surface area contributed by atoms with Crippen LogP contribution in [0.1, 0.15) is 24.0 Å². The minimum absolute atomic E-state index is 0. The summed E-state index contributed by atoms with van der Waals surface area (Å²) in [5.41, 5.74) is 1.27. The zero-order valence-electron chi connectivity index (χ0n) is 12.2. The summed E-state index contributed by atoms with van der Waals surface area (Å²) in [4.78, 5) is 9.92. The van der Waals surface area contributed by atoms with Gasteiger partial charge in [0.15, 0.2) is 0 Å². The van der Waals surface area contributed by atoms with Crippen LogP contribution in [0.25, 0.3) is 0 Å². The van der Waals surface area contributed by atoms with Crippen LogP contribution in [0.4, 0.5) is 0 Å².